The molecule has 0 aliphatic heterocycles. The van der Waals surface area contributed by atoms with Crippen LogP contribution >= 0.6 is 15.9 Å². The second-order valence-electron chi connectivity index (χ2n) is 3.55. The lowest BCUT2D eigenvalue weighted by Gasteiger charge is -2.09. The van der Waals surface area contributed by atoms with E-state index in [2.05, 4.69) is 20.9 Å². The van der Waals surface area contributed by atoms with Gasteiger partial charge in [-0.2, -0.15) is 0 Å². The largest absolute Gasteiger partial charge is 0.506 e. The summed E-state index contributed by atoms with van der Waals surface area (Å²) in [5, 5.41) is 28.8. The van der Waals surface area contributed by atoms with Gasteiger partial charge in [-0.25, -0.2) is 9.78 Å². The molecule has 0 radical (unpaired) electrons. The lowest BCUT2D eigenvalue weighted by molar-refractivity contribution is 0.0689. The minimum Gasteiger partial charge on any atom is -0.506 e. The predicted molar refractivity (Wildman–Crippen MR) is 64.5 cm³/mol. The number of hydrogen-bond acceptors (Lipinski definition) is 4. The van der Waals surface area contributed by atoms with Crippen molar-refractivity contribution >= 4 is 32.8 Å². The van der Waals surface area contributed by atoms with E-state index in [4.69, 9.17) is 5.11 Å². The molecule has 0 atom stereocenters. The van der Waals surface area contributed by atoms with Gasteiger partial charge in [0.25, 0.3) is 0 Å². The summed E-state index contributed by atoms with van der Waals surface area (Å²) in [5.41, 5.74) is 0.430. The van der Waals surface area contributed by atoms with Gasteiger partial charge in [0.05, 0.1) is 4.47 Å². The standard InChI is InChI=1S/C11H8BrNO4/c1-4-2-3-5(14)8-6(4)10(15)7(12)9(13-8)11(16)17/h2-3,14H,1H3,(H,13,15)(H,16,17). The van der Waals surface area contributed by atoms with E-state index >= 15 is 0 Å². The monoisotopic (exact) mass is 297 g/mol. The number of aromatic carboxylic acids is 1. The molecule has 0 aliphatic carbocycles. The molecule has 0 fully saturated rings. The molecule has 1 heterocycles. The second-order valence-corrected chi connectivity index (χ2v) is 4.35. The minimum atomic E-state index is -1.28. The van der Waals surface area contributed by atoms with Gasteiger partial charge in [-0.1, -0.05) is 6.07 Å². The van der Waals surface area contributed by atoms with Gasteiger partial charge in [0.15, 0.2) is 5.69 Å². The van der Waals surface area contributed by atoms with Gasteiger partial charge >= 0.3 is 5.97 Å². The first-order valence-electron chi connectivity index (χ1n) is 4.67. The second kappa shape index (κ2) is 3.89. The van der Waals surface area contributed by atoms with E-state index in [-0.39, 0.29) is 27.2 Å². The van der Waals surface area contributed by atoms with Crippen molar-refractivity contribution < 1.29 is 20.1 Å². The number of pyridine rings is 1. The zero-order valence-electron chi connectivity index (χ0n) is 8.73. The molecule has 1 aromatic heterocycles. The topological polar surface area (TPSA) is 90.7 Å². The van der Waals surface area contributed by atoms with Crippen molar-refractivity contribution in [1.29, 1.82) is 0 Å². The van der Waals surface area contributed by atoms with Crippen molar-refractivity contribution in [3.63, 3.8) is 0 Å². The Hall–Kier alpha value is -1.82. The number of phenolic OH excluding ortho intramolecular Hbond substituents is 1. The summed E-state index contributed by atoms with van der Waals surface area (Å²) < 4.78 is 0.00574. The maximum atomic E-state index is 10.9. The van der Waals surface area contributed by atoms with Crippen molar-refractivity contribution in [1.82, 2.24) is 4.98 Å². The molecule has 5 nitrogen and oxygen atoms in total. The zero-order chi connectivity index (χ0) is 12.7. The first-order chi connectivity index (χ1) is 7.93. The fourth-order valence-corrected chi connectivity index (χ4v) is 2.07. The van der Waals surface area contributed by atoms with Crippen molar-refractivity contribution in [2.24, 2.45) is 0 Å². The van der Waals surface area contributed by atoms with Crippen molar-refractivity contribution in [2.75, 3.05) is 0 Å². The molecule has 6 heteroatoms. The summed E-state index contributed by atoms with van der Waals surface area (Å²) in [7, 11) is 0. The smallest absolute Gasteiger partial charge is 0.355 e. The Labute approximate surface area is 104 Å². The van der Waals surface area contributed by atoms with E-state index in [0.29, 0.717) is 10.9 Å². The molecule has 2 rings (SSSR count). The highest BCUT2D eigenvalue weighted by Crippen LogP contribution is 2.38. The Kier molecular flexibility index (Phi) is 2.66. The van der Waals surface area contributed by atoms with E-state index in [1.54, 1.807) is 13.0 Å². The number of aromatic hydroxyl groups is 2. The molecule has 0 saturated heterocycles. The van der Waals surface area contributed by atoms with E-state index < -0.39 is 5.97 Å². The van der Waals surface area contributed by atoms with Gasteiger partial charge in [-0.05, 0) is 34.5 Å². The van der Waals surface area contributed by atoms with Crippen LogP contribution in [0.4, 0.5) is 0 Å². The van der Waals surface area contributed by atoms with Crippen molar-refractivity contribution in [2.45, 2.75) is 6.92 Å². The van der Waals surface area contributed by atoms with Crippen LogP contribution < -0.4 is 0 Å². The fraction of sp³-hybridized carbons (Fsp3) is 0.0909. The highest BCUT2D eigenvalue weighted by atomic mass is 79.9. The molecule has 2 aromatic rings. The maximum Gasteiger partial charge on any atom is 0.355 e. The van der Waals surface area contributed by atoms with Crippen LogP contribution in [0.3, 0.4) is 0 Å². The Morgan fingerprint density at radius 2 is 2.00 bits per heavy atom. The third-order valence-electron chi connectivity index (χ3n) is 2.44. The summed E-state index contributed by atoms with van der Waals surface area (Å²) in [5.74, 6) is -1.69. The third-order valence-corrected chi connectivity index (χ3v) is 3.19. The average Bonchev–Trinajstić information content (AvgIpc) is 2.27. The Morgan fingerprint density at radius 1 is 1.35 bits per heavy atom. The number of nitrogens with zero attached hydrogens (tertiary/aromatic N) is 1. The SMILES string of the molecule is Cc1ccc(O)c2nc(C(=O)O)c(Br)c(O)c12. The number of fused-ring (bicyclic) bond motifs is 1. The van der Waals surface area contributed by atoms with Crippen molar-refractivity contribution in [3.8, 4) is 11.5 Å². The van der Waals surface area contributed by atoms with Crippen LogP contribution in [0.5, 0.6) is 11.5 Å². The Balaban J connectivity index is 3.01. The quantitative estimate of drug-likeness (QED) is 0.752. The number of carbonyl (C=O) groups is 1. The number of aryl methyl sites for hydroxylation is 1. The lowest BCUT2D eigenvalue weighted by Crippen LogP contribution is -2.02. The van der Waals surface area contributed by atoms with E-state index in [1.165, 1.54) is 6.07 Å². The summed E-state index contributed by atoms with van der Waals surface area (Å²) in [6.07, 6.45) is 0. The number of phenols is 1. The Morgan fingerprint density at radius 3 is 2.59 bits per heavy atom. The molecular formula is C11H8BrNO4. The summed E-state index contributed by atoms with van der Waals surface area (Å²) in [6.45, 7) is 1.73. The molecular weight excluding hydrogens is 290 g/mol. The molecule has 0 aliphatic rings. The normalized spacial score (nSPS) is 10.7. The van der Waals surface area contributed by atoms with Crippen molar-refractivity contribution in [3.05, 3.63) is 27.9 Å². The molecule has 17 heavy (non-hydrogen) atoms. The number of rotatable bonds is 1. The van der Waals surface area contributed by atoms with Gasteiger partial charge in [0.1, 0.15) is 17.0 Å². The van der Waals surface area contributed by atoms with Gasteiger partial charge < -0.3 is 15.3 Å². The molecule has 0 unspecified atom stereocenters. The van der Waals surface area contributed by atoms with Gasteiger partial charge in [0, 0.05) is 5.39 Å². The van der Waals surface area contributed by atoms with Crippen LogP contribution in [0.15, 0.2) is 16.6 Å². The number of carboxylic acid groups (broad SMARTS) is 1. The van der Waals surface area contributed by atoms with E-state index in [0.717, 1.165) is 0 Å². The minimum absolute atomic E-state index is 0.00574. The average molecular weight is 298 g/mol. The molecule has 0 saturated carbocycles. The van der Waals surface area contributed by atoms with Gasteiger partial charge in [-0.3, -0.25) is 0 Å². The molecule has 0 amide bonds. The van der Waals surface area contributed by atoms with E-state index in [1.807, 2.05) is 0 Å². The Bertz CT molecular complexity index is 639. The van der Waals surface area contributed by atoms with Crippen LogP contribution in [0.1, 0.15) is 16.1 Å². The maximum absolute atomic E-state index is 10.9. The van der Waals surface area contributed by atoms with E-state index in [9.17, 15) is 15.0 Å². The lowest BCUT2D eigenvalue weighted by atomic mass is 10.1. The first-order valence-corrected chi connectivity index (χ1v) is 5.46. The molecule has 1 aromatic carbocycles. The molecule has 0 spiro atoms. The number of aromatic nitrogens is 1. The molecule has 3 N–H and O–H groups in total. The summed E-state index contributed by atoms with van der Waals surface area (Å²) in [4.78, 5) is 14.8. The zero-order valence-corrected chi connectivity index (χ0v) is 10.3. The van der Waals surface area contributed by atoms with Crippen LogP contribution in [0.2, 0.25) is 0 Å². The molecule has 88 valence electrons. The predicted octanol–water partition coefficient (Wildman–Crippen LogP) is 2.42. The number of benzene rings is 1. The highest BCUT2D eigenvalue weighted by molar-refractivity contribution is 9.10. The number of carboxylic acids is 1. The number of halogens is 1. The first kappa shape index (κ1) is 11.7. The fourth-order valence-electron chi connectivity index (χ4n) is 1.62. The molecule has 0 bridgehead atoms. The van der Waals surface area contributed by atoms with Crippen LogP contribution in [0, 0.1) is 6.92 Å². The number of hydrogen-bond donors (Lipinski definition) is 3. The highest BCUT2D eigenvalue weighted by Gasteiger charge is 2.20. The van der Waals surface area contributed by atoms with Gasteiger partial charge in [0.2, 0.25) is 0 Å². The summed E-state index contributed by atoms with van der Waals surface area (Å²) in [6, 6.07) is 3.02. The van der Waals surface area contributed by atoms with Crippen LogP contribution in [-0.2, 0) is 0 Å². The van der Waals surface area contributed by atoms with Gasteiger partial charge in [-0.15, -0.1) is 0 Å². The van der Waals surface area contributed by atoms with Crippen LogP contribution in [0.25, 0.3) is 10.9 Å². The summed E-state index contributed by atoms with van der Waals surface area (Å²) >= 11 is 2.99. The van der Waals surface area contributed by atoms with Crippen LogP contribution in [-0.4, -0.2) is 26.3 Å². The third kappa shape index (κ3) is 1.70.